The van der Waals surface area contributed by atoms with E-state index in [0.717, 1.165) is 24.2 Å². The van der Waals surface area contributed by atoms with E-state index in [1.807, 2.05) is 17.0 Å². The van der Waals surface area contributed by atoms with Gasteiger partial charge < -0.3 is 10.2 Å². The Morgan fingerprint density at radius 3 is 2.62 bits per heavy atom. The number of aromatic nitrogens is 1. The predicted octanol–water partition coefficient (Wildman–Crippen LogP) is 3.63. The van der Waals surface area contributed by atoms with Crippen molar-refractivity contribution in [2.24, 2.45) is 11.8 Å². The van der Waals surface area contributed by atoms with Gasteiger partial charge in [-0.1, -0.05) is 30.3 Å². The van der Waals surface area contributed by atoms with Crippen LogP contribution in [0.5, 0.6) is 0 Å². The van der Waals surface area contributed by atoms with Gasteiger partial charge in [-0.2, -0.15) is 0 Å². The van der Waals surface area contributed by atoms with E-state index in [1.165, 1.54) is 18.4 Å². The molecule has 1 saturated heterocycles. The highest BCUT2D eigenvalue weighted by atomic mass is 16.2. The highest BCUT2D eigenvalue weighted by molar-refractivity contribution is 5.94. The van der Waals surface area contributed by atoms with Crippen molar-refractivity contribution in [1.82, 2.24) is 9.88 Å². The van der Waals surface area contributed by atoms with Crippen molar-refractivity contribution in [1.29, 1.82) is 0 Å². The van der Waals surface area contributed by atoms with Crippen LogP contribution in [0.2, 0.25) is 0 Å². The minimum Gasteiger partial charge on any atom is -0.339 e. The monoisotopic (exact) mass is 387 g/mol. The number of fused-ring (bicyclic) bond motifs is 2. The molecule has 2 fully saturated rings. The maximum Gasteiger partial charge on any atom is 0.246 e. The fraction of sp³-hybridized carbons (Fsp3) is 0.375. The smallest absolute Gasteiger partial charge is 0.246 e. The molecule has 1 aliphatic carbocycles. The standard InChI is InChI=1S/C24H25N3O2/c28-22-8-7-18-10-16(13-25-24(18)26-22)6-9-23(29)27-14-20-11-19(12-21(20)15-27)17-4-2-1-3-5-17/h1-6,9-10,13,19-21H,7-8,11-12,14-15H2,(H,25,26,28). The van der Waals surface area contributed by atoms with Gasteiger partial charge in [0.2, 0.25) is 11.8 Å². The van der Waals surface area contributed by atoms with Crippen molar-refractivity contribution in [3.63, 3.8) is 0 Å². The molecule has 2 atom stereocenters. The highest BCUT2D eigenvalue weighted by Crippen LogP contribution is 2.46. The van der Waals surface area contributed by atoms with E-state index < -0.39 is 0 Å². The van der Waals surface area contributed by atoms with E-state index in [0.29, 0.717) is 36.4 Å². The molecule has 148 valence electrons. The molecule has 5 nitrogen and oxygen atoms in total. The minimum absolute atomic E-state index is 0.0116. The summed E-state index contributed by atoms with van der Waals surface area (Å²) in [5.41, 5.74) is 3.37. The van der Waals surface area contributed by atoms with Gasteiger partial charge in [0.05, 0.1) is 0 Å². The molecule has 3 heterocycles. The summed E-state index contributed by atoms with van der Waals surface area (Å²) in [6.45, 7) is 1.73. The number of carbonyl (C=O) groups is 2. The number of benzene rings is 1. The lowest BCUT2D eigenvalue weighted by atomic mass is 9.96. The van der Waals surface area contributed by atoms with Crippen LogP contribution < -0.4 is 5.32 Å². The molecule has 5 rings (SSSR count). The van der Waals surface area contributed by atoms with Gasteiger partial charge in [-0.3, -0.25) is 9.59 Å². The Hall–Kier alpha value is -2.95. The van der Waals surface area contributed by atoms with Crippen LogP contribution in [0.25, 0.3) is 6.08 Å². The summed E-state index contributed by atoms with van der Waals surface area (Å²) in [5.74, 6) is 2.61. The first kappa shape index (κ1) is 18.1. The molecule has 2 unspecified atom stereocenters. The van der Waals surface area contributed by atoms with E-state index in [9.17, 15) is 9.59 Å². The molecule has 29 heavy (non-hydrogen) atoms. The second-order valence-corrected chi connectivity index (χ2v) is 8.50. The summed E-state index contributed by atoms with van der Waals surface area (Å²) in [4.78, 5) is 30.5. The van der Waals surface area contributed by atoms with Crippen molar-refractivity contribution < 1.29 is 9.59 Å². The number of carbonyl (C=O) groups excluding carboxylic acids is 2. The van der Waals surface area contributed by atoms with Crippen molar-refractivity contribution in [3.05, 3.63) is 65.4 Å². The van der Waals surface area contributed by atoms with E-state index >= 15 is 0 Å². The molecule has 2 aromatic rings. The fourth-order valence-corrected chi connectivity index (χ4v) is 5.12. The largest absolute Gasteiger partial charge is 0.339 e. The molecule has 2 amide bonds. The summed E-state index contributed by atoms with van der Waals surface area (Å²) < 4.78 is 0. The number of nitrogens with one attached hydrogen (secondary N) is 1. The van der Waals surface area contributed by atoms with Crippen molar-refractivity contribution in [2.45, 2.75) is 31.6 Å². The number of hydrogen-bond donors (Lipinski definition) is 1. The first-order valence-electron chi connectivity index (χ1n) is 10.5. The molecule has 1 saturated carbocycles. The Morgan fingerprint density at radius 1 is 1.10 bits per heavy atom. The van der Waals surface area contributed by atoms with Crippen LogP contribution in [0.15, 0.2) is 48.7 Å². The summed E-state index contributed by atoms with van der Waals surface area (Å²) in [7, 11) is 0. The molecule has 2 aliphatic heterocycles. The zero-order valence-corrected chi connectivity index (χ0v) is 16.4. The number of likely N-dealkylation sites (tertiary alicyclic amines) is 1. The lowest BCUT2D eigenvalue weighted by molar-refractivity contribution is -0.125. The van der Waals surface area contributed by atoms with Gasteiger partial charge in [-0.25, -0.2) is 4.98 Å². The lowest BCUT2D eigenvalue weighted by Crippen LogP contribution is -2.28. The average Bonchev–Trinajstić information content (AvgIpc) is 3.32. The topological polar surface area (TPSA) is 62.3 Å². The molecule has 0 spiro atoms. The summed E-state index contributed by atoms with van der Waals surface area (Å²) in [5, 5.41) is 2.79. The predicted molar refractivity (Wildman–Crippen MR) is 112 cm³/mol. The normalized spacial score (nSPS) is 25.7. The zero-order chi connectivity index (χ0) is 19.8. The van der Waals surface area contributed by atoms with E-state index in [2.05, 4.69) is 40.6 Å². The highest BCUT2D eigenvalue weighted by Gasteiger charge is 2.42. The number of amides is 2. The quantitative estimate of drug-likeness (QED) is 0.818. The lowest BCUT2D eigenvalue weighted by Gasteiger charge is -2.18. The van der Waals surface area contributed by atoms with Crippen LogP contribution in [0.3, 0.4) is 0 Å². The molecule has 1 N–H and O–H groups in total. The van der Waals surface area contributed by atoms with E-state index in [-0.39, 0.29) is 11.8 Å². The van der Waals surface area contributed by atoms with Gasteiger partial charge in [0.25, 0.3) is 0 Å². The Kier molecular flexibility index (Phi) is 4.66. The van der Waals surface area contributed by atoms with Crippen molar-refractivity contribution in [3.8, 4) is 0 Å². The molecule has 0 radical (unpaired) electrons. The Labute approximate surface area is 170 Å². The minimum atomic E-state index is 0.0116. The van der Waals surface area contributed by atoms with Gasteiger partial charge in [-0.15, -0.1) is 0 Å². The molecule has 3 aliphatic rings. The number of anilines is 1. The van der Waals surface area contributed by atoms with Crippen LogP contribution in [-0.4, -0.2) is 34.8 Å². The number of hydrogen-bond acceptors (Lipinski definition) is 3. The van der Waals surface area contributed by atoms with Crippen LogP contribution in [0, 0.1) is 11.8 Å². The third-order valence-corrected chi connectivity index (χ3v) is 6.62. The van der Waals surface area contributed by atoms with Gasteiger partial charge in [0.15, 0.2) is 0 Å². The maximum atomic E-state index is 12.7. The zero-order valence-electron chi connectivity index (χ0n) is 16.4. The summed E-state index contributed by atoms with van der Waals surface area (Å²) >= 11 is 0. The SMILES string of the molecule is O=C1CCc2cc(C=CC(=O)N3CC4CC(c5ccccc5)CC4C3)cnc2N1. The number of aryl methyl sites for hydroxylation is 1. The van der Waals surface area contributed by atoms with Gasteiger partial charge >= 0.3 is 0 Å². The average molecular weight is 387 g/mol. The Bertz CT molecular complexity index is 955. The van der Waals surface area contributed by atoms with Crippen LogP contribution in [0.1, 0.15) is 41.9 Å². The molecule has 0 bridgehead atoms. The first-order valence-corrected chi connectivity index (χ1v) is 10.5. The number of rotatable bonds is 3. The summed E-state index contributed by atoms with van der Waals surface area (Å²) in [6, 6.07) is 12.8. The first-order chi connectivity index (χ1) is 14.2. The second-order valence-electron chi connectivity index (χ2n) is 8.50. The van der Waals surface area contributed by atoms with Crippen molar-refractivity contribution in [2.75, 3.05) is 18.4 Å². The van der Waals surface area contributed by atoms with Crippen molar-refractivity contribution >= 4 is 23.7 Å². The molecular formula is C24H25N3O2. The summed E-state index contributed by atoms with van der Waals surface area (Å²) in [6.07, 6.45) is 8.76. The Balaban J connectivity index is 1.19. The van der Waals surface area contributed by atoms with Gasteiger partial charge in [-0.05, 0) is 65.8 Å². The molecule has 1 aromatic carbocycles. The van der Waals surface area contributed by atoms with Crippen LogP contribution >= 0.6 is 0 Å². The van der Waals surface area contributed by atoms with E-state index in [4.69, 9.17) is 0 Å². The number of pyridine rings is 1. The molecule has 1 aromatic heterocycles. The van der Waals surface area contributed by atoms with Gasteiger partial charge in [0, 0.05) is 31.8 Å². The van der Waals surface area contributed by atoms with E-state index in [1.54, 1.807) is 12.3 Å². The van der Waals surface area contributed by atoms with Gasteiger partial charge in [0.1, 0.15) is 5.82 Å². The second kappa shape index (κ2) is 7.47. The Morgan fingerprint density at radius 2 is 1.86 bits per heavy atom. The third-order valence-electron chi connectivity index (χ3n) is 6.62. The van der Waals surface area contributed by atoms with Crippen LogP contribution in [-0.2, 0) is 16.0 Å². The van der Waals surface area contributed by atoms with Crippen LogP contribution in [0.4, 0.5) is 5.82 Å². The number of nitrogens with zero attached hydrogens (tertiary/aromatic N) is 2. The molecular weight excluding hydrogens is 362 g/mol. The third kappa shape index (κ3) is 3.69. The maximum absolute atomic E-state index is 12.7. The fourth-order valence-electron chi connectivity index (χ4n) is 5.12. The molecule has 5 heteroatoms.